The maximum atomic E-state index is 11.1. The molecule has 1 aromatic rings. The molecule has 1 aromatic carbocycles. The van der Waals surface area contributed by atoms with Crippen molar-refractivity contribution in [2.75, 3.05) is 6.54 Å². The molecule has 0 aromatic heterocycles. The van der Waals surface area contributed by atoms with Crippen LogP contribution in [0.25, 0.3) is 0 Å². The van der Waals surface area contributed by atoms with Crippen LogP contribution in [0.2, 0.25) is 0 Å². The molecule has 1 aliphatic rings. The van der Waals surface area contributed by atoms with Gasteiger partial charge in [0.25, 0.3) is 0 Å². The third-order valence-electron chi connectivity index (χ3n) is 2.30. The van der Waals surface area contributed by atoms with Crippen LogP contribution in [0.5, 0.6) is 0 Å². The van der Waals surface area contributed by atoms with E-state index in [-0.39, 0.29) is 36.8 Å². The number of hydrogen-bond acceptors (Lipinski definition) is 2. The summed E-state index contributed by atoms with van der Waals surface area (Å²) in [7, 11) is 0. The monoisotopic (exact) mass is 247 g/mol. The zero-order valence-electron chi connectivity index (χ0n) is 8.03. The van der Waals surface area contributed by atoms with Gasteiger partial charge < -0.3 is 11.1 Å². The Morgan fingerprint density at radius 2 is 2.27 bits per heavy atom. The van der Waals surface area contributed by atoms with Crippen LogP contribution in [0.4, 0.5) is 0 Å². The van der Waals surface area contributed by atoms with Crippen molar-refractivity contribution in [2.24, 2.45) is 5.73 Å². The average Bonchev–Trinajstić information content (AvgIpc) is 2.17. The van der Waals surface area contributed by atoms with Crippen molar-refractivity contribution in [2.45, 2.75) is 12.5 Å². The molecule has 1 amide bonds. The van der Waals surface area contributed by atoms with Crippen LogP contribution in [0.3, 0.4) is 0 Å². The van der Waals surface area contributed by atoms with E-state index in [0.29, 0.717) is 0 Å². The summed E-state index contributed by atoms with van der Waals surface area (Å²) in [6.07, 6.45) is 0.917. The third-order valence-corrected chi connectivity index (χ3v) is 2.30. The summed E-state index contributed by atoms with van der Waals surface area (Å²) in [6.45, 7) is 0.793. The molecule has 0 saturated carbocycles. The van der Waals surface area contributed by atoms with E-state index in [4.69, 9.17) is 5.73 Å². The zero-order valence-corrected chi connectivity index (χ0v) is 9.66. The maximum absolute atomic E-state index is 11.1. The Hall–Kier alpha value is -0.770. The van der Waals surface area contributed by atoms with Gasteiger partial charge in [-0.3, -0.25) is 4.79 Å². The van der Waals surface area contributed by atoms with Crippen LogP contribution in [0, 0.1) is 6.07 Å². The number of amides is 1. The molecule has 1 radical (unpaired) electrons. The lowest BCUT2D eigenvalue weighted by atomic mass is 9.94. The molecule has 3 N–H and O–H groups in total. The molecular weight excluding hydrogens is 235 g/mol. The molecule has 1 heterocycles. The molecule has 15 heavy (non-hydrogen) atoms. The van der Waals surface area contributed by atoms with E-state index in [2.05, 4.69) is 11.4 Å². The van der Waals surface area contributed by atoms with Crippen LogP contribution in [0.15, 0.2) is 18.2 Å². The lowest BCUT2D eigenvalue weighted by Gasteiger charge is -2.23. The molecule has 83 valence electrons. The Morgan fingerprint density at radius 3 is 2.93 bits per heavy atom. The van der Waals surface area contributed by atoms with Crippen LogP contribution >= 0.6 is 24.8 Å². The van der Waals surface area contributed by atoms with Crippen molar-refractivity contribution in [3.63, 3.8) is 0 Å². The molecule has 0 spiro atoms. The maximum Gasteiger partial charge on any atom is 0.239 e. The van der Waals surface area contributed by atoms with Crippen molar-refractivity contribution in [3.05, 3.63) is 35.4 Å². The van der Waals surface area contributed by atoms with Gasteiger partial charge in [0.15, 0.2) is 0 Å². The van der Waals surface area contributed by atoms with Gasteiger partial charge in [-0.2, -0.15) is 0 Å². The molecule has 5 heteroatoms. The minimum Gasteiger partial charge on any atom is -0.368 e. The largest absolute Gasteiger partial charge is 0.368 e. The molecule has 1 unspecified atom stereocenters. The van der Waals surface area contributed by atoms with Crippen molar-refractivity contribution < 1.29 is 4.79 Å². The van der Waals surface area contributed by atoms with Gasteiger partial charge in [-0.15, -0.1) is 24.8 Å². The minimum atomic E-state index is -0.332. The lowest BCUT2D eigenvalue weighted by Crippen LogP contribution is -2.38. The fraction of sp³-hybridized carbons (Fsp3) is 0.300. The summed E-state index contributed by atoms with van der Waals surface area (Å²) in [5.74, 6) is -0.319. The highest BCUT2D eigenvalue weighted by atomic mass is 35.5. The molecule has 1 atom stereocenters. The van der Waals surface area contributed by atoms with Crippen LogP contribution in [-0.4, -0.2) is 12.5 Å². The second-order valence-corrected chi connectivity index (χ2v) is 3.14. The first kappa shape index (κ1) is 14.2. The second-order valence-electron chi connectivity index (χ2n) is 3.14. The smallest absolute Gasteiger partial charge is 0.239 e. The molecule has 3 nitrogen and oxygen atoms in total. The number of carbonyl (C=O) groups is 1. The van der Waals surface area contributed by atoms with Gasteiger partial charge in [-0.1, -0.05) is 18.2 Å². The fourth-order valence-corrected chi connectivity index (χ4v) is 1.68. The van der Waals surface area contributed by atoms with Gasteiger partial charge in [0.05, 0.1) is 0 Å². The Balaban J connectivity index is 0.000000980. The van der Waals surface area contributed by atoms with Gasteiger partial charge in [-0.25, -0.2) is 0 Å². The first-order valence-electron chi connectivity index (χ1n) is 4.31. The summed E-state index contributed by atoms with van der Waals surface area (Å²) >= 11 is 0. The minimum absolute atomic E-state index is 0. The van der Waals surface area contributed by atoms with Crippen molar-refractivity contribution in [1.82, 2.24) is 5.32 Å². The van der Waals surface area contributed by atoms with Gasteiger partial charge in [0.1, 0.15) is 6.04 Å². The number of carbonyl (C=O) groups excluding carboxylic acids is 1. The van der Waals surface area contributed by atoms with Crippen LogP contribution in [0.1, 0.15) is 17.2 Å². The van der Waals surface area contributed by atoms with E-state index in [9.17, 15) is 4.79 Å². The molecule has 2 rings (SSSR count). The topological polar surface area (TPSA) is 55.1 Å². The summed E-state index contributed by atoms with van der Waals surface area (Å²) < 4.78 is 0. The summed E-state index contributed by atoms with van der Waals surface area (Å²) in [4.78, 5) is 11.1. The first-order valence-corrected chi connectivity index (χ1v) is 4.31. The number of halogens is 2. The Bertz CT molecular complexity index is 344. The van der Waals surface area contributed by atoms with E-state index < -0.39 is 0 Å². The highest BCUT2D eigenvalue weighted by molar-refractivity contribution is 5.85. The molecule has 0 bridgehead atoms. The number of benzene rings is 1. The van der Waals surface area contributed by atoms with E-state index in [1.165, 1.54) is 0 Å². The fourth-order valence-electron chi connectivity index (χ4n) is 1.68. The molecule has 0 aliphatic carbocycles. The number of fused-ring (bicyclic) bond motifs is 1. The Labute approximate surface area is 101 Å². The number of primary amides is 1. The van der Waals surface area contributed by atoms with Crippen LogP contribution < -0.4 is 11.1 Å². The quantitative estimate of drug-likeness (QED) is 0.779. The number of nitrogens with one attached hydrogen (secondary N) is 1. The third kappa shape index (κ3) is 2.84. The summed E-state index contributed by atoms with van der Waals surface area (Å²) in [5.41, 5.74) is 7.34. The predicted octanol–water partition coefficient (Wildman–Crippen LogP) is 1.00. The van der Waals surface area contributed by atoms with Gasteiger partial charge >= 0.3 is 0 Å². The summed E-state index contributed by atoms with van der Waals surface area (Å²) in [6, 6.07) is 8.46. The van der Waals surface area contributed by atoms with Gasteiger partial charge in [-0.05, 0) is 23.6 Å². The highest BCUT2D eigenvalue weighted by Crippen LogP contribution is 2.21. The number of rotatable bonds is 1. The van der Waals surface area contributed by atoms with Crippen molar-refractivity contribution >= 4 is 30.7 Å². The predicted molar refractivity (Wildman–Crippen MR) is 63.4 cm³/mol. The molecule has 1 aliphatic heterocycles. The van der Waals surface area contributed by atoms with Gasteiger partial charge in [0, 0.05) is 6.54 Å². The van der Waals surface area contributed by atoms with Crippen LogP contribution in [-0.2, 0) is 11.2 Å². The van der Waals surface area contributed by atoms with Crippen molar-refractivity contribution in [3.8, 4) is 0 Å². The Kier molecular flexibility index (Phi) is 5.65. The van der Waals surface area contributed by atoms with E-state index in [1.54, 1.807) is 0 Å². The van der Waals surface area contributed by atoms with Gasteiger partial charge in [0.2, 0.25) is 5.91 Å². The highest BCUT2D eigenvalue weighted by Gasteiger charge is 2.23. The number of hydrogen-bond donors (Lipinski definition) is 2. The first-order chi connectivity index (χ1) is 6.29. The van der Waals surface area contributed by atoms with Crippen molar-refractivity contribution in [1.29, 1.82) is 0 Å². The molecular formula is C10H13Cl2N2O. The standard InChI is InChI=1S/C10H11N2O.2ClH/c11-10(13)9-8-4-2-1-3-7(8)5-6-12-9;;/h1-2,4,9,12H,5-6H2,(H2,11,13);2*1H. The van der Waals surface area contributed by atoms with E-state index in [1.807, 2.05) is 18.2 Å². The molecule has 0 fully saturated rings. The Morgan fingerprint density at radius 1 is 1.53 bits per heavy atom. The van der Waals surface area contributed by atoms with E-state index >= 15 is 0 Å². The SMILES string of the molecule is Cl.Cl.NC(=O)C1NCCc2[c]cccc21. The zero-order chi connectivity index (χ0) is 9.26. The normalized spacial score (nSPS) is 18.0. The molecule has 0 saturated heterocycles. The van der Waals surface area contributed by atoms with E-state index in [0.717, 1.165) is 24.1 Å². The lowest BCUT2D eigenvalue weighted by molar-refractivity contribution is -0.120. The average molecular weight is 248 g/mol. The second kappa shape index (κ2) is 5.95. The summed E-state index contributed by atoms with van der Waals surface area (Å²) in [5, 5.41) is 3.08. The number of nitrogens with two attached hydrogens (primary N) is 1.